The van der Waals surface area contributed by atoms with Crippen LogP contribution in [0, 0.1) is 20.8 Å². The fraction of sp³-hybridized carbons (Fsp3) is 0.611. The number of aryl methyl sites for hydroxylation is 3. The number of nitrogens with one attached hydrogen (secondary N) is 1. The average molecular weight is 368 g/mol. The second kappa shape index (κ2) is 7.85. The van der Waals surface area contributed by atoms with Crippen LogP contribution < -0.4 is 5.32 Å². The molecule has 1 aromatic rings. The average Bonchev–Trinajstić information content (AvgIpc) is 2.55. The first-order valence-corrected chi connectivity index (χ1v) is 10.2. The van der Waals surface area contributed by atoms with Gasteiger partial charge in [-0.15, -0.1) is 0 Å². The molecule has 0 radical (unpaired) electrons. The predicted octanol–water partition coefficient (Wildman–Crippen LogP) is 1.44. The summed E-state index contributed by atoms with van der Waals surface area (Å²) in [4.78, 5) is 14.6. The number of carbonyl (C=O) groups is 1. The van der Waals surface area contributed by atoms with Crippen molar-refractivity contribution in [2.75, 3.05) is 32.7 Å². The number of carbonyl (C=O) groups excluding carboxylic acids is 1. The summed E-state index contributed by atoms with van der Waals surface area (Å²) in [5.74, 6) is -0.139. The van der Waals surface area contributed by atoms with Gasteiger partial charge in [0.05, 0.1) is 11.4 Å². The van der Waals surface area contributed by atoms with Gasteiger partial charge in [-0.25, -0.2) is 8.42 Å². The van der Waals surface area contributed by atoms with Gasteiger partial charge in [-0.05, 0) is 57.4 Å². The van der Waals surface area contributed by atoms with Crippen molar-refractivity contribution in [1.29, 1.82) is 0 Å². The minimum absolute atomic E-state index is 0.119. The molecule has 7 heteroatoms. The summed E-state index contributed by atoms with van der Waals surface area (Å²) < 4.78 is 27.8. The predicted molar refractivity (Wildman–Crippen MR) is 99.1 cm³/mol. The zero-order chi connectivity index (χ0) is 18.8. The van der Waals surface area contributed by atoms with E-state index in [1.54, 1.807) is 31.7 Å². The van der Waals surface area contributed by atoms with Crippen LogP contribution in [0.4, 0.5) is 0 Å². The molecule has 0 aliphatic carbocycles. The van der Waals surface area contributed by atoms with Gasteiger partial charge in [-0.1, -0.05) is 6.07 Å². The maximum atomic E-state index is 13.2. The van der Waals surface area contributed by atoms with E-state index in [1.165, 1.54) is 4.31 Å². The van der Waals surface area contributed by atoms with Crippen molar-refractivity contribution < 1.29 is 13.2 Å². The Kier molecular flexibility index (Phi) is 6.24. The number of hydrogen-bond acceptors (Lipinski definition) is 4. The number of sulfonamides is 1. The first-order valence-electron chi connectivity index (χ1n) is 8.72. The number of rotatable bonds is 5. The van der Waals surface area contributed by atoms with Gasteiger partial charge < -0.3 is 10.2 Å². The van der Waals surface area contributed by atoms with Crippen LogP contribution >= 0.6 is 0 Å². The zero-order valence-corrected chi connectivity index (χ0v) is 16.6. The van der Waals surface area contributed by atoms with Gasteiger partial charge in [-0.3, -0.25) is 4.79 Å². The third-order valence-electron chi connectivity index (χ3n) is 4.71. The minimum atomic E-state index is -3.73. The first-order chi connectivity index (χ1) is 11.6. The van der Waals surface area contributed by atoms with E-state index in [9.17, 15) is 13.2 Å². The van der Waals surface area contributed by atoms with Crippen molar-refractivity contribution in [2.24, 2.45) is 0 Å². The van der Waals surface area contributed by atoms with E-state index in [-0.39, 0.29) is 23.4 Å². The van der Waals surface area contributed by atoms with Gasteiger partial charge in [0.2, 0.25) is 15.9 Å². The highest BCUT2D eigenvalue weighted by Gasteiger charge is 2.32. The van der Waals surface area contributed by atoms with Crippen molar-refractivity contribution in [3.8, 4) is 0 Å². The largest absolute Gasteiger partial charge is 0.339 e. The van der Waals surface area contributed by atoms with Crippen molar-refractivity contribution in [3.05, 3.63) is 28.8 Å². The van der Waals surface area contributed by atoms with Crippen molar-refractivity contribution in [2.45, 2.75) is 45.6 Å². The maximum Gasteiger partial charge on any atom is 0.244 e. The molecule has 0 saturated carbocycles. The maximum absolute atomic E-state index is 13.2. The van der Waals surface area contributed by atoms with E-state index in [4.69, 9.17) is 0 Å². The Bertz CT molecular complexity index is 738. The van der Waals surface area contributed by atoms with Crippen molar-refractivity contribution in [1.82, 2.24) is 14.5 Å². The highest BCUT2D eigenvalue weighted by atomic mass is 32.2. The Morgan fingerprint density at radius 3 is 2.24 bits per heavy atom. The Morgan fingerprint density at radius 2 is 1.68 bits per heavy atom. The van der Waals surface area contributed by atoms with Crippen molar-refractivity contribution in [3.63, 3.8) is 0 Å². The highest BCUT2D eigenvalue weighted by Crippen LogP contribution is 2.25. The standard InChI is InChI=1S/C18H29N3O3S/c1-13(2)21(12-18(22)20-8-6-19-7-9-20)25(23,24)17-11-15(4)14(3)10-16(17)5/h10-11,13,19H,6-9,12H2,1-5H3. The molecular formula is C18H29N3O3S. The molecule has 0 atom stereocenters. The Labute approximate surface area is 151 Å². The second-order valence-corrected chi connectivity index (χ2v) is 8.84. The van der Waals surface area contributed by atoms with E-state index in [0.717, 1.165) is 24.2 Å². The quantitative estimate of drug-likeness (QED) is 0.855. The number of benzene rings is 1. The van der Waals surface area contributed by atoms with Gasteiger partial charge in [0.15, 0.2) is 0 Å². The first kappa shape index (κ1) is 19.9. The molecule has 1 fully saturated rings. The number of amides is 1. The monoisotopic (exact) mass is 367 g/mol. The van der Waals surface area contributed by atoms with Gasteiger partial charge in [0, 0.05) is 32.2 Å². The van der Waals surface area contributed by atoms with E-state index in [1.807, 2.05) is 19.9 Å². The lowest BCUT2D eigenvalue weighted by atomic mass is 10.1. The lowest BCUT2D eigenvalue weighted by molar-refractivity contribution is -0.132. The molecule has 1 aliphatic rings. The molecule has 2 rings (SSSR count). The topological polar surface area (TPSA) is 69.7 Å². The summed E-state index contributed by atoms with van der Waals surface area (Å²) in [6.07, 6.45) is 0. The third kappa shape index (κ3) is 4.40. The normalized spacial score (nSPS) is 15.9. The lowest BCUT2D eigenvalue weighted by Gasteiger charge is -2.32. The van der Waals surface area contributed by atoms with Crippen LogP contribution in [0.3, 0.4) is 0 Å². The minimum Gasteiger partial charge on any atom is -0.339 e. The molecule has 1 amide bonds. The van der Waals surface area contributed by atoms with E-state index >= 15 is 0 Å². The van der Waals surface area contributed by atoms with Gasteiger partial charge in [-0.2, -0.15) is 4.31 Å². The Hall–Kier alpha value is -1.44. The van der Waals surface area contributed by atoms with Crippen LogP contribution in [-0.2, 0) is 14.8 Å². The van der Waals surface area contributed by atoms with Crippen LogP contribution in [0.5, 0.6) is 0 Å². The summed E-state index contributed by atoms with van der Waals surface area (Å²) >= 11 is 0. The Balaban J connectivity index is 2.32. The van der Waals surface area contributed by atoms with Crippen LogP contribution in [0.15, 0.2) is 17.0 Å². The van der Waals surface area contributed by atoms with Gasteiger partial charge in [0.25, 0.3) is 0 Å². The lowest BCUT2D eigenvalue weighted by Crippen LogP contribution is -2.51. The van der Waals surface area contributed by atoms with Gasteiger partial charge in [0.1, 0.15) is 0 Å². The number of hydrogen-bond donors (Lipinski definition) is 1. The summed E-state index contributed by atoms with van der Waals surface area (Å²) in [6, 6.07) is 3.31. The van der Waals surface area contributed by atoms with E-state index in [2.05, 4.69) is 5.32 Å². The number of piperazine rings is 1. The molecule has 25 heavy (non-hydrogen) atoms. The number of nitrogens with zero attached hydrogens (tertiary/aromatic N) is 2. The molecule has 0 aromatic heterocycles. The van der Waals surface area contributed by atoms with Crippen LogP contribution in [0.1, 0.15) is 30.5 Å². The summed E-state index contributed by atoms with van der Waals surface area (Å²) in [6.45, 7) is 11.9. The van der Waals surface area contributed by atoms with E-state index in [0.29, 0.717) is 18.7 Å². The SMILES string of the molecule is Cc1cc(C)c(S(=O)(=O)N(CC(=O)N2CCNCC2)C(C)C)cc1C. The van der Waals surface area contributed by atoms with Crippen molar-refractivity contribution >= 4 is 15.9 Å². The van der Waals surface area contributed by atoms with Crippen LogP contribution in [0.25, 0.3) is 0 Å². The fourth-order valence-corrected chi connectivity index (χ4v) is 4.91. The molecule has 1 aliphatic heterocycles. The van der Waals surface area contributed by atoms with Crippen LogP contribution in [0.2, 0.25) is 0 Å². The zero-order valence-electron chi connectivity index (χ0n) is 15.8. The molecular weight excluding hydrogens is 338 g/mol. The molecule has 1 N–H and O–H groups in total. The molecule has 140 valence electrons. The fourth-order valence-electron chi connectivity index (χ4n) is 3.03. The van der Waals surface area contributed by atoms with Crippen LogP contribution in [-0.4, -0.2) is 62.3 Å². The van der Waals surface area contributed by atoms with E-state index < -0.39 is 10.0 Å². The molecule has 0 spiro atoms. The molecule has 6 nitrogen and oxygen atoms in total. The molecule has 1 aromatic carbocycles. The summed E-state index contributed by atoms with van der Waals surface area (Å²) in [5, 5.41) is 3.19. The molecule has 0 bridgehead atoms. The smallest absolute Gasteiger partial charge is 0.244 e. The molecule has 0 unspecified atom stereocenters. The van der Waals surface area contributed by atoms with Gasteiger partial charge >= 0.3 is 0 Å². The summed E-state index contributed by atoms with van der Waals surface area (Å²) in [5.41, 5.74) is 2.70. The Morgan fingerprint density at radius 1 is 1.12 bits per heavy atom. The molecule has 1 heterocycles. The molecule has 1 saturated heterocycles. The second-order valence-electron chi connectivity index (χ2n) is 6.98. The summed E-state index contributed by atoms with van der Waals surface area (Å²) in [7, 11) is -3.73. The highest BCUT2D eigenvalue weighted by molar-refractivity contribution is 7.89. The third-order valence-corrected chi connectivity index (χ3v) is 6.88.